The predicted molar refractivity (Wildman–Crippen MR) is 120 cm³/mol. The van der Waals surface area contributed by atoms with Crippen LogP contribution in [0.5, 0.6) is 0 Å². The molecule has 2 amide bonds. The largest absolute Gasteiger partial charge is 0.416 e. The smallest absolute Gasteiger partial charge is 0.362 e. The minimum Gasteiger partial charge on any atom is -0.362 e. The van der Waals surface area contributed by atoms with Crippen LogP contribution >= 0.6 is 0 Å². The molecule has 1 aromatic carbocycles. The van der Waals surface area contributed by atoms with E-state index in [1.54, 1.807) is 9.80 Å². The highest BCUT2D eigenvalue weighted by Gasteiger charge is 2.36. The van der Waals surface area contributed by atoms with Gasteiger partial charge in [0.2, 0.25) is 11.8 Å². The number of rotatable bonds is 6. The molecule has 0 bridgehead atoms. The van der Waals surface area contributed by atoms with Crippen molar-refractivity contribution in [2.75, 3.05) is 31.1 Å². The molecule has 1 aliphatic carbocycles. The first-order valence-electron chi connectivity index (χ1n) is 11.7. The van der Waals surface area contributed by atoms with E-state index in [-0.39, 0.29) is 55.5 Å². The van der Waals surface area contributed by atoms with Crippen LogP contribution in [0.2, 0.25) is 0 Å². The zero-order valence-electron chi connectivity index (χ0n) is 19.4. The van der Waals surface area contributed by atoms with E-state index < -0.39 is 28.4 Å². The Morgan fingerprint density at radius 3 is 2.24 bits per heavy atom. The first-order valence-corrected chi connectivity index (χ1v) is 11.7. The van der Waals surface area contributed by atoms with Crippen LogP contribution in [0.3, 0.4) is 0 Å². The summed E-state index contributed by atoms with van der Waals surface area (Å²) < 4.78 is 39.0. The molecule has 0 radical (unpaired) electrons. The monoisotopic (exact) mass is 484 g/mol. The fourth-order valence-corrected chi connectivity index (χ4v) is 4.63. The number of nitrogens with zero attached hydrogens (tertiary/aromatic N) is 3. The topological polar surface area (TPSA) is 95.8 Å². The van der Waals surface area contributed by atoms with Crippen LogP contribution in [-0.2, 0) is 15.8 Å². The van der Waals surface area contributed by atoms with Crippen molar-refractivity contribution in [2.24, 2.45) is 11.8 Å². The molecule has 3 rings (SSSR count). The summed E-state index contributed by atoms with van der Waals surface area (Å²) in [7, 11) is 0. The van der Waals surface area contributed by atoms with Crippen molar-refractivity contribution in [3.63, 3.8) is 0 Å². The normalized spacial score (nSPS) is 18.6. The highest BCUT2D eigenvalue weighted by molar-refractivity contribution is 5.89. The Morgan fingerprint density at radius 2 is 1.71 bits per heavy atom. The number of piperazine rings is 1. The van der Waals surface area contributed by atoms with Crippen LogP contribution in [0.1, 0.15) is 51.5 Å². The summed E-state index contributed by atoms with van der Waals surface area (Å²) >= 11 is 0. The third kappa shape index (κ3) is 5.98. The summed E-state index contributed by atoms with van der Waals surface area (Å²) in [4.78, 5) is 39.7. The van der Waals surface area contributed by atoms with Gasteiger partial charge in [-0.05, 0) is 30.9 Å². The van der Waals surface area contributed by atoms with E-state index in [0.29, 0.717) is 6.07 Å². The molecule has 0 spiro atoms. The summed E-state index contributed by atoms with van der Waals surface area (Å²) in [5.41, 5.74) is -1.60. The Balaban J connectivity index is 1.66. The van der Waals surface area contributed by atoms with E-state index in [4.69, 9.17) is 0 Å². The average molecular weight is 485 g/mol. The van der Waals surface area contributed by atoms with E-state index in [1.165, 1.54) is 0 Å². The lowest BCUT2D eigenvalue weighted by molar-refractivity contribution is -0.384. The minimum atomic E-state index is -4.68. The molecule has 2 aliphatic rings. The number of halogens is 3. The standard InChI is InChI=1S/C23H31F3N4O4/c1-15(2)20(27-21(31)16-6-4-3-5-7-16)22(32)29-12-10-28(11-13-29)18-9-8-17(23(24,25)26)14-19(18)30(33)34/h8-9,14-16,20H,3-7,10-13H2,1-2H3,(H,27,31). The lowest BCUT2D eigenvalue weighted by Crippen LogP contribution is -2.57. The number of benzene rings is 1. The molecule has 2 fully saturated rings. The SMILES string of the molecule is CC(C)C(NC(=O)C1CCCCC1)C(=O)N1CCN(c2ccc(C(F)(F)F)cc2[N+](=O)[O-])CC1. The number of anilines is 1. The summed E-state index contributed by atoms with van der Waals surface area (Å²) in [6, 6.07) is 1.82. The maximum Gasteiger partial charge on any atom is 0.416 e. The van der Waals surface area contributed by atoms with E-state index >= 15 is 0 Å². The lowest BCUT2D eigenvalue weighted by atomic mass is 9.88. The van der Waals surface area contributed by atoms with Crippen LogP contribution in [0.4, 0.5) is 24.5 Å². The first-order chi connectivity index (χ1) is 16.0. The number of carbonyl (C=O) groups excluding carboxylic acids is 2. The number of nitrogens with one attached hydrogen (secondary N) is 1. The van der Waals surface area contributed by atoms with Crippen molar-refractivity contribution in [1.82, 2.24) is 10.2 Å². The van der Waals surface area contributed by atoms with Crippen LogP contribution in [0.15, 0.2) is 18.2 Å². The van der Waals surface area contributed by atoms with Gasteiger partial charge in [0.15, 0.2) is 0 Å². The Morgan fingerprint density at radius 1 is 1.09 bits per heavy atom. The van der Waals surface area contributed by atoms with E-state index in [2.05, 4.69) is 5.32 Å². The summed E-state index contributed by atoms with van der Waals surface area (Å²) in [5, 5.41) is 14.4. The average Bonchev–Trinajstić information content (AvgIpc) is 2.81. The van der Waals surface area contributed by atoms with Crippen molar-refractivity contribution in [3.8, 4) is 0 Å². The number of amides is 2. The third-order valence-corrected chi connectivity index (χ3v) is 6.64. The zero-order valence-corrected chi connectivity index (χ0v) is 19.4. The van der Waals surface area contributed by atoms with Crippen molar-refractivity contribution in [1.29, 1.82) is 0 Å². The summed E-state index contributed by atoms with van der Waals surface area (Å²) in [6.07, 6.45) is 0.123. The van der Waals surface area contributed by atoms with Crippen molar-refractivity contribution < 1.29 is 27.7 Å². The second kappa shape index (κ2) is 10.6. The van der Waals surface area contributed by atoms with Gasteiger partial charge < -0.3 is 15.1 Å². The summed E-state index contributed by atoms with van der Waals surface area (Å²) in [5.74, 6) is -0.486. The molecular formula is C23H31F3N4O4. The molecular weight excluding hydrogens is 453 g/mol. The fourth-order valence-electron chi connectivity index (χ4n) is 4.63. The number of carbonyl (C=O) groups is 2. The Kier molecular flexibility index (Phi) is 8.04. The van der Waals surface area contributed by atoms with Crippen LogP contribution in [-0.4, -0.2) is 53.9 Å². The Bertz CT molecular complexity index is 908. The van der Waals surface area contributed by atoms with Crippen LogP contribution in [0.25, 0.3) is 0 Å². The molecule has 1 N–H and O–H groups in total. The lowest BCUT2D eigenvalue weighted by Gasteiger charge is -2.38. The molecule has 1 heterocycles. The maximum atomic E-state index is 13.2. The van der Waals surface area contributed by atoms with Gasteiger partial charge in [-0.3, -0.25) is 19.7 Å². The van der Waals surface area contributed by atoms with Gasteiger partial charge in [0.25, 0.3) is 5.69 Å². The molecule has 8 nitrogen and oxygen atoms in total. The number of alkyl halides is 3. The highest BCUT2D eigenvalue weighted by Crippen LogP contribution is 2.36. The van der Waals surface area contributed by atoms with Gasteiger partial charge in [0.05, 0.1) is 10.5 Å². The van der Waals surface area contributed by atoms with E-state index in [9.17, 15) is 32.9 Å². The van der Waals surface area contributed by atoms with Gasteiger partial charge in [0, 0.05) is 38.2 Å². The first kappa shape index (κ1) is 25.8. The Hall–Kier alpha value is -2.85. The number of nitro groups is 1. The van der Waals surface area contributed by atoms with Gasteiger partial charge in [-0.15, -0.1) is 0 Å². The molecule has 0 aromatic heterocycles. The quantitative estimate of drug-likeness (QED) is 0.487. The molecule has 188 valence electrons. The number of hydrogen-bond donors (Lipinski definition) is 1. The van der Waals surface area contributed by atoms with Gasteiger partial charge in [0.1, 0.15) is 11.7 Å². The predicted octanol–water partition coefficient (Wildman–Crippen LogP) is 3.98. The molecule has 1 aliphatic heterocycles. The van der Waals surface area contributed by atoms with Gasteiger partial charge in [-0.1, -0.05) is 33.1 Å². The molecule has 1 atom stereocenters. The molecule has 1 unspecified atom stereocenters. The maximum absolute atomic E-state index is 13.2. The molecule has 1 saturated heterocycles. The van der Waals surface area contributed by atoms with E-state index in [1.807, 2.05) is 13.8 Å². The summed E-state index contributed by atoms with van der Waals surface area (Å²) in [6.45, 7) is 4.70. The molecule has 1 aromatic rings. The Labute approximate surface area is 196 Å². The highest BCUT2D eigenvalue weighted by atomic mass is 19.4. The van der Waals surface area contributed by atoms with Crippen LogP contribution in [0, 0.1) is 22.0 Å². The molecule has 11 heteroatoms. The van der Waals surface area contributed by atoms with E-state index in [0.717, 1.165) is 44.2 Å². The van der Waals surface area contributed by atoms with Crippen molar-refractivity contribution in [3.05, 3.63) is 33.9 Å². The second-order valence-electron chi connectivity index (χ2n) is 9.34. The zero-order chi connectivity index (χ0) is 25.0. The van der Waals surface area contributed by atoms with Gasteiger partial charge in [-0.2, -0.15) is 13.2 Å². The van der Waals surface area contributed by atoms with Crippen LogP contribution < -0.4 is 10.2 Å². The van der Waals surface area contributed by atoms with Gasteiger partial charge in [-0.25, -0.2) is 0 Å². The van der Waals surface area contributed by atoms with Crippen molar-refractivity contribution in [2.45, 2.75) is 58.2 Å². The number of nitro benzene ring substituents is 1. The second-order valence-corrected chi connectivity index (χ2v) is 9.34. The fraction of sp³-hybridized carbons (Fsp3) is 0.652. The molecule has 34 heavy (non-hydrogen) atoms. The third-order valence-electron chi connectivity index (χ3n) is 6.64. The van der Waals surface area contributed by atoms with Gasteiger partial charge >= 0.3 is 6.18 Å². The minimum absolute atomic E-state index is 0.0696. The molecule has 1 saturated carbocycles. The number of hydrogen-bond acceptors (Lipinski definition) is 5. The van der Waals surface area contributed by atoms with Crippen molar-refractivity contribution >= 4 is 23.2 Å².